The van der Waals surface area contributed by atoms with E-state index >= 15 is 0 Å². The molecule has 0 spiro atoms. The lowest BCUT2D eigenvalue weighted by molar-refractivity contribution is 0.101. The predicted octanol–water partition coefficient (Wildman–Crippen LogP) is 2.20. The molecule has 86 valence electrons. The summed E-state index contributed by atoms with van der Waals surface area (Å²) < 4.78 is 5.12. The van der Waals surface area contributed by atoms with Gasteiger partial charge in [-0.2, -0.15) is 0 Å². The van der Waals surface area contributed by atoms with Gasteiger partial charge in [0.15, 0.2) is 5.69 Å². The van der Waals surface area contributed by atoms with Crippen molar-refractivity contribution >= 4 is 11.6 Å². The van der Waals surface area contributed by atoms with Crippen molar-refractivity contribution < 1.29 is 9.32 Å². The zero-order valence-corrected chi connectivity index (χ0v) is 9.09. The van der Waals surface area contributed by atoms with Crippen molar-refractivity contribution in [2.24, 2.45) is 0 Å². The molecule has 1 fully saturated rings. The maximum absolute atomic E-state index is 11.8. The number of carbonyl (C=O) groups is 1. The monoisotopic (exact) mass is 229 g/mol. The summed E-state index contributed by atoms with van der Waals surface area (Å²) in [4.78, 5) is 15.7. The number of nitrogens with zero attached hydrogens (tertiary/aromatic N) is 2. The van der Waals surface area contributed by atoms with Crippen molar-refractivity contribution in [1.82, 2.24) is 10.1 Å². The summed E-state index contributed by atoms with van der Waals surface area (Å²) in [6.07, 6.45) is 5.49. The molecule has 0 bridgehead atoms. The molecule has 2 aromatic rings. The summed E-state index contributed by atoms with van der Waals surface area (Å²) in [6, 6.07) is 5.16. The van der Waals surface area contributed by atoms with E-state index in [0.29, 0.717) is 17.3 Å². The molecule has 2 aromatic heterocycles. The largest absolute Gasteiger partial charge is 0.360 e. The Morgan fingerprint density at radius 3 is 2.82 bits per heavy atom. The van der Waals surface area contributed by atoms with Crippen LogP contribution in [0.15, 0.2) is 35.1 Å². The van der Waals surface area contributed by atoms with Gasteiger partial charge >= 0.3 is 0 Å². The lowest BCUT2D eigenvalue weighted by Gasteiger charge is -2.00. The molecule has 1 aliphatic carbocycles. The van der Waals surface area contributed by atoms with Crippen LogP contribution in [-0.4, -0.2) is 16.0 Å². The van der Waals surface area contributed by atoms with Crippen LogP contribution in [0.5, 0.6) is 0 Å². The average molecular weight is 229 g/mol. The number of amides is 1. The van der Waals surface area contributed by atoms with Gasteiger partial charge in [0.1, 0.15) is 5.76 Å². The summed E-state index contributed by atoms with van der Waals surface area (Å²) in [5.74, 6) is 1.02. The van der Waals surface area contributed by atoms with E-state index in [2.05, 4.69) is 15.5 Å². The third-order valence-electron chi connectivity index (χ3n) is 2.68. The van der Waals surface area contributed by atoms with E-state index in [0.717, 1.165) is 18.6 Å². The first-order chi connectivity index (χ1) is 8.33. The molecular formula is C12H11N3O2. The second-order valence-corrected chi connectivity index (χ2v) is 4.08. The lowest BCUT2D eigenvalue weighted by Crippen LogP contribution is -2.12. The van der Waals surface area contributed by atoms with Gasteiger partial charge in [0.2, 0.25) is 0 Å². The number of nitrogens with one attached hydrogen (secondary N) is 1. The van der Waals surface area contributed by atoms with E-state index < -0.39 is 0 Å². The zero-order valence-electron chi connectivity index (χ0n) is 9.09. The Morgan fingerprint density at radius 1 is 1.35 bits per heavy atom. The molecule has 0 saturated heterocycles. The van der Waals surface area contributed by atoms with E-state index in [9.17, 15) is 4.79 Å². The van der Waals surface area contributed by atoms with E-state index in [1.54, 1.807) is 30.6 Å². The fourth-order valence-corrected chi connectivity index (χ4v) is 1.59. The number of hydrogen-bond donors (Lipinski definition) is 1. The van der Waals surface area contributed by atoms with Crippen LogP contribution in [0.1, 0.15) is 35.0 Å². The maximum Gasteiger partial charge on any atom is 0.277 e. The third kappa shape index (κ3) is 2.18. The van der Waals surface area contributed by atoms with Gasteiger partial charge in [-0.3, -0.25) is 9.78 Å². The predicted molar refractivity (Wildman–Crippen MR) is 60.7 cm³/mol. The lowest BCUT2D eigenvalue weighted by atomic mass is 10.2. The van der Waals surface area contributed by atoms with E-state index in [-0.39, 0.29) is 5.91 Å². The van der Waals surface area contributed by atoms with Crippen LogP contribution < -0.4 is 5.32 Å². The molecule has 0 atom stereocenters. The first-order valence-electron chi connectivity index (χ1n) is 5.51. The first kappa shape index (κ1) is 10.0. The van der Waals surface area contributed by atoms with Crippen molar-refractivity contribution in [3.8, 4) is 0 Å². The van der Waals surface area contributed by atoms with Crippen LogP contribution in [0.4, 0.5) is 5.69 Å². The molecule has 3 rings (SSSR count). The summed E-state index contributed by atoms with van der Waals surface area (Å²) in [5.41, 5.74) is 1.02. The topological polar surface area (TPSA) is 68.0 Å². The number of aromatic nitrogens is 2. The first-order valence-corrected chi connectivity index (χ1v) is 5.51. The highest BCUT2D eigenvalue weighted by Gasteiger charge is 2.28. The Bertz CT molecular complexity index is 532. The SMILES string of the molecule is O=C(Nc1ccncc1)c1cc(C2CC2)on1. The number of anilines is 1. The number of hydrogen-bond acceptors (Lipinski definition) is 4. The molecule has 1 saturated carbocycles. The Kier molecular flexibility index (Phi) is 2.36. The minimum Gasteiger partial charge on any atom is -0.360 e. The maximum atomic E-state index is 11.8. The van der Waals surface area contributed by atoms with Crippen LogP contribution in [0.2, 0.25) is 0 Å². The molecule has 5 heteroatoms. The summed E-state index contributed by atoms with van der Waals surface area (Å²) in [5, 5.41) is 6.50. The molecule has 1 aliphatic rings. The highest BCUT2D eigenvalue weighted by molar-refractivity contribution is 6.02. The van der Waals surface area contributed by atoms with E-state index in [4.69, 9.17) is 4.52 Å². The Morgan fingerprint density at radius 2 is 2.12 bits per heavy atom. The summed E-state index contributed by atoms with van der Waals surface area (Å²) >= 11 is 0. The average Bonchev–Trinajstić information content (AvgIpc) is 3.08. The minimum atomic E-state index is -0.258. The van der Waals surface area contributed by atoms with Crippen molar-refractivity contribution in [3.63, 3.8) is 0 Å². The molecule has 0 aliphatic heterocycles. The van der Waals surface area contributed by atoms with Crippen LogP contribution >= 0.6 is 0 Å². The summed E-state index contributed by atoms with van der Waals surface area (Å²) in [7, 11) is 0. The fourth-order valence-electron chi connectivity index (χ4n) is 1.59. The van der Waals surface area contributed by atoms with Gasteiger partial charge in [-0.15, -0.1) is 0 Å². The standard InChI is InChI=1S/C12H11N3O2/c16-12(14-9-3-5-13-6-4-9)10-7-11(17-15-10)8-1-2-8/h3-8H,1-2H2,(H,13,14,16). The zero-order chi connectivity index (χ0) is 11.7. The second kappa shape index (κ2) is 4.01. The Labute approximate surface area is 97.8 Å². The highest BCUT2D eigenvalue weighted by atomic mass is 16.5. The van der Waals surface area contributed by atoms with E-state index in [1.807, 2.05) is 0 Å². The Balaban J connectivity index is 1.72. The third-order valence-corrected chi connectivity index (χ3v) is 2.68. The van der Waals surface area contributed by atoms with Crippen molar-refractivity contribution in [2.45, 2.75) is 18.8 Å². The van der Waals surface area contributed by atoms with Gasteiger partial charge < -0.3 is 9.84 Å². The van der Waals surface area contributed by atoms with Gasteiger partial charge in [-0.1, -0.05) is 5.16 Å². The van der Waals surface area contributed by atoms with Crippen molar-refractivity contribution in [2.75, 3.05) is 5.32 Å². The minimum absolute atomic E-state index is 0.258. The molecular weight excluding hydrogens is 218 g/mol. The van der Waals surface area contributed by atoms with E-state index in [1.165, 1.54) is 0 Å². The fraction of sp³-hybridized carbons (Fsp3) is 0.250. The molecule has 17 heavy (non-hydrogen) atoms. The number of pyridine rings is 1. The van der Waals surface area contributed by atoms with Crippen LogP contribution in [0.3, 0.4) is 0 Å². The van der Waals surface area contributed by atoms with Crippen LogP contribution in [0.25, 0.3) is 0 Å². The quantitative estimate of drug-likeness (QED) is 0.876. The molecule has 0 unspecified atom stereocenters. The molecule has 1 N–H and O–H groups in total. The van der Waals surface area contributed by atoms with Gasteiger partial charge in [0.05, 0.1) is 0 Å². The van der Waals surface area contributed by atoms with Crippen LogP contribution in [0, 0.1) is 0 Å². The number of rotatable bonds is 3. The van der Waals surface area contributed by atoms with Gasteiger partial charge in [0, 0.05) is 30.1 Å². The second-order valence-electron chi connectivity index (χ2n) is 4.08. The molecule has 0 radical (unpaired) electrons. The highest BCUT2D eigenvalue weighted by Crippen LogP contribution is 2.40. The normalized spacial score (nSPS) is 14.6. The van der Waals surface area contributed by atoms with Gasteiger partial charge in [-0.05, 0) is 25.0 Å². The molecule has 2 heterocycles. The molecule has 1 amide bonds. The van der Waals surface area contributed by atoms with Crippen molar-refractivity contribution in [3.05, 3.63) is 42.0 Å². The Hall–Kier alpha value is -2.17. The van der Waals surface area contributed by atoms with Gasteiger partial charge in [0.25, 0.3) is 5.91 Å². The molecule has 5 nitrogen and oxygen atoms in total. The summed E-state index contributed by atoms with van der Waals surface area (Å²) in [6.45, 7) is 0. The van der Waals surface area contributed by atoms with Gasteiger partial charge in [-0.25, -0.2) is 0 Å². The van der Waals surface area contributed by atoms with Crippen LogP contribution in [-0.2, 0) is 0 Å². The molecule has 0 aromatic carbocycles. The van der Waals surface area contributed by atoms with Crippen molar-refractivity contribution in [1.29, 1.82) is 0 Å². The smallest absolute Gasteiger partial charge is 0.277 e. The number of carbonyl (C=O) groups excluding carboxylic acids is 1.